The molecule has 1 aromatic carbocycles. The molecule has 0 bridgehead atoms. The Balaban J connectivity index is 1.91. The van der Waals surface area contributed by atoms with Crippen molar-refractivity contribution in [1.82, 2.24) is 9.55 Å². The van der Waals surface area contributed by atoms with Crippen LogP contribution >= 0.6 is 0 Å². The minimum absolute atomic E-state index is 0.0231. The van der Waals surface area contributed by atoms with E-state index in [9.17, 15) is 9.59 Å². The van der Waals surface area contributed by atoms with Gasteiger partial charge in [0.2, 0.25) is 0 Å². The van der Waals surface area contributed by atoms with E-state index in [1.165, 1.54) is 42.5 Å². The summed E-state index contributed by atoms with van der Waals surface area (Å²) in [4.78, 5) is 28.0. The van der Waals surface area contributed by atoms with Gasteiger partial charge in [-0.15, -0.1) is 0 Å². The number of hydrogen-bond acceptors (Lipinski definition) is 7. The molecule has 9 heteroatoms. The highest BCUT2D eigenvalue weighted by atomic mass is 16.3. The summed E-state index contributed by atoms with van der Waals surface area (Å²) in [6.07, 6.45) is 3.94. The molecule has 0 aliphatic rings. The molecule has 0 radical (unpaired) electrons. The van der Waals surface area contributed by atoms with Crippen LogP contribution in [0.5, 0.6) is 0 Å². The van der Waals surface area contributed by atoms with E-state index in [1.807, 2.05) is 0 Å². The maximum atomic E-state index is 12.5. The maximum Gasteiger partial charge on any atom is 0.268 e. The first-order valence-corrected chi connectivity index (χ1v) is 7.70. The number of carbonyl (C=O) groups is 1. The fourth-order valence-electron chi connectivity index (χ4n) is 2.44. The van der Waals surface area contributed by atoms with Gasteiger partial charge in [-0.2, -0.15) is 5.26 Å². The topological polar surface area (TPSA) is 151 Å². The van der Waals surface area contributed by atoms with Crippen LogP contribution in [0.3, 0.4) is 0 Å². The third kappa shape index (κ3) is 3.45. The molecule has 0 aliphatic heterocycles. The summed E-state index contributed by atoms with van der Waals surface area (Å²) in [5.74, 6) is -0.272. The van der Waals surface area contributed by atoms with Crippen molar-refractivity contribution in [2.24, 2.45) is 7.05 Å². The zero-order chi connectivity index (χ0) is 19.6. The molecule has 3 rings (SSSR count). The van der Waals surface area contributed by atoms with Crippen LogP contribution in [0.2, 0.25) is 0 Å². The van der Waals surface area contributed by atoms with Crippen molar-refractivity contribution in [1.29, 1.82) is 10.7 Å². The van der Waals surface area contributed by atoms with Gasteiger partial charge in [0.05, 0.1) is 11.8 Å². The molecule has 27 heavy (non-hydrogen) atoms. The molecule has 0 aliphatic carbocycles. The van der Waals surface area contributed by atoms with Crippen LogP contribution in [0.25, 0.3) is 0 Å². The Morgan fingerprint density at radius 1 is 1.41 bits per heavy atom. The lowest BCUT2D eigenvalue weighted by atomic mass is 10.1. The van der Waals surface area contributed by atoms with Crippen LogP contribution < -0.4 is 16.6 Å². The molecule has 2 heterocycles. The third-order valence-corrected chi connectivity index (χ3v) is 3.83. The lowest BCUT2D eigenvalue weighted by Gasteiger charge is -2.10. The van der Waals surface area contributed by atoms with Crippen molar-refractivity contribution in [3.8, 4) is 6.07 Å². The first kappa shape index (κ1) is 17.6. The van der Waals surface area contributed by atoms with Gasteiger partial charge in [0.25, 0.3) is 11.5 Å². The van der Waals surface area contributed by atoms with E-state index < -0.39 is 11.5 Å². The number of anilines is 2. The summed E-state index contributed by atoms with van der Waals surface area (Å²) < 4.78 is 6.27. The zero-order valence-corrected chi connectivity index (χ0v) is 14.2. The summed E-state index contributed by atoms with van der Waals surface area (Å²) in [6.45, 7) is 0. The van der Waals surface area contributed by atoms with E-state index in [4.69, 9.17) is 20.8 Å². The van der Waals surface area contributed by atoms with Gasteiger partial charge in [-0.1, -0.05) is 0 Å². The molecule has 9 nitrogen and oxygen atoms in total. The summed E-state index contributed by atoms with van der Waals surface area (Å²) in [5.41, 5.74) is 6.57. The van der Waals surface area contributed by atoms with Gasteiger partial charge in [-0.25, -0.2) is 4.98 Å². The van der Waals surface area contributed by atoms with Gasteiger partial charge >= 0.3 is 0 Å². The van der Waals surface area contributed by atoms with E-state index in [-0.39, 0.29) is 22.6 Å². The number of hydrogen-bond donors (Lipinski definition) is 3. The number of rotatable bonds is 4. The molecule has 0 saturated heterocycles. The predicted octanol–water partition coefficient (Wildman–Crippen LogP) is 1.50. The lowest BCUT2D eigenvalue weighted by molar-refractivity contribution is 0.102. The zero-order valence-electron chi connectivity index (χ0n) is 14.2. The van der Waals surface area contributed by atoms with Crippen molar-refractivity contribution >= 4 is 23.0 Å². The van der Waals surface area contributed by atoms with Crippen molar-refractivity contribution < 1.29 is 9.21 Å². The molecule has 0 saturated carbocycles. The molecule has 0 atom stereocenters. The van der Waals surface area contributed by atoms with Crippen LogP contribution in [0, 0.1) is 16.7 Å². The van der Waals surface area contributed by atoms with Crippen LogP contribution in [0.4, 0.5) is 11.4 Å². The first-order valence-electron chi connectivity index (χ1n) is 7.70. The van der Waals surface area contributed by atoms with Crippen molar-refractivity contribution in [3.63, 3.8) is 0 Å². The fourth-order valence-corrected chi connectivity index (χ4v) is 2.44. The van der Waals surface area contributed by atoms with Gasteiger partial charge in [0, 0.05) is 30.2 Å². The Morgan fingerprint density at radius 3 is 2.85 bits per heavy atom. The van der Waals surface area contributed by atoms with Crippen LogP contribution in [-0.2, 0) is 7.05 Å². The Hall–Kier alpha value is -4.19. The second kappa shape index (κ2) is 6.97. The van der Waals surface area contributed by atoms with Crippen LogP contribution in [-0.4, -0.2) is 21.2 Å². The summed E-state index contributed by atoms with van der Waals surface area (Å²) in [6, 6.07) is 7.66. The highest BCUT2D eigenvalue weighted by molar-refractivity contribution is 6.13. The average molecular weight is 362 g/mol. The van der Waals surface area contributed by atoms with E-state index in [0.717, 1.165) is 0 Å². The number of amides is 1. The number of aryl methyl sites for hydroxylation is 1. The van der Waals surface area contributed by atoms with Crippen molar-refractivity contribution in [2.75, 3.05) is 11.1 Å². The van der Waals surface area contributed by atoms with Gasteiger partial charge in [-0.05, 0) is 24.3 Å². The number of nitriles is 1. The molecule has 0 fully saturated rings. The van der Waals surface area contributed by atoms with Crippen molar-refractivity contribution in [2.45, 2.75) is 0 Å². The number of nitrogen functional groups attached to an aromatic ring is 1. The van der Waals surface area contributed by atoms with Gasteiger partial charge in [0.1, 0.15) is 17.3 Å². The highest BCUT2D eigenvalue weighted by Gasteiger charge is 2.15. The monoisotopic (exact) mass is 362 g/mol. The second-order valence-electron chi connectivity index (χ2n) is 5.67. The molecule has 2 aromatic heterocycles. The molecular formula is C18H14N6O3. The van der Waals surface area contributed by atoms with Gasteiger partial charge in [0.15, 0.2) is 12.2 Å². The maximum absolute atomic E-state index is 12.5. The highest BCUT2D eigenvalue weighted by Crippen LogP contribution is 2.21. The summed E-state index contributed by atoms with van der Waals surface area (Å²) in [7, 11) is 1.46. The Morgan fingerprint density at radius 2 is 2.19 bits per heavy atom. The smallest absolute Gasteiger partial charge is 0.268 e. The Bertz CT molecular complexity index is 1140. The molecule has 1 amide bonds. The lowest BCUT2D eigenvalue weighted by Crippen LogP contribution is -2.23. The first-order chi connectivity index (χ1) is 12.9. The van der Waals surface area contributed by atoms with Crippen LogP contribution in [0.1, 0.15) is 27.2 Å². The Kier molecular flexibility index (Phi) is 4.55. The van der Waals surface area contributed by atoms with Crippen LogP contribution in [0.15, 0.2) is 52.3 Å². The second-order valence-corrected chi connectivity index (χ2v) is 5.67. The minimum Gasteiger partial charge on any atom is -0.442 e. The molecule has 4 N–H and O–H groups in total. The predicted molar refractivity (Wildman–Crippen MR) is 97.6 cm³/mol. The average Bonchev–Trinajstić information content (AvgIpc) is 3.19. The Labute approximate surface area is 153 Å². The molecule has 3 aromatic rings. The number of nitrogens with one attached hydrogen (secondary N) is 2. The third-order valence-electron chi connectivity index (χ3n) is 3.83. The van der Waals surface area contributed by atoms with Gasteiger partial charge < -0.3 is 20.0 Å². The number of aromatic nitrogens is 2. The molecule has 0 spiro atoms. The SMILES string of the molecule is Cn1cc(C(=O)Nc2ccc(N)c(C(=N)c3cnco3)c2)cc(C#N)c1=O. The van der Waals surface area contributed by atoms with Gasteiger partial charge in [-0.3, -0.25) is 15.0 Å². The number of pyridine rings is 1. The molecular weight excluding hydrogens is 348 g/mol. The van der Waals surface area contributed by atoms with E-state index in [1.54, 1.807) is 18.2 Å². The molecule has 134 valence electrons. The van der Waals surface area contributed by atoms with E-state index in [2.05, 4.69) is 10.3 Å². The molecule has 0 unspecified atom stereocenters. The summed E-state index contributed by atoms with van der Waals surface area (Å²) in [5, 5.41) is 19.8. The number of nitrogens with zero attached hydrogens (tertiary/aromatic N) is 3. The van der Waals surface area contributed by atoms with E-state index >= 15 is 0 Å². The summed E-state index contributed by atoms with van der Waals surface area (Å²) >= 11 is 0. The number of nitrogens with two attached hydrogens (primary N) is 1. The number of carbonyl (C=O) groups excluding carboxylic acids is 1. The fraction of sp³-hybridized carbons (Fsp3) is 0.0556. The number of oxazole rings is 1. The van der Waals surface area contributed by atoms with Crippen molar-refractivity contribution in [3.05, 3.63) is 75.9 Å². The standard InChI is InChI=1S/C18H14N6O3/c1-24-8-11(4-10(6-19)18(24)26)17(25)23-12-2-3-14(20)13(5-12)16(21)15-7-22-9-27-15/h2-5,7-9,21H,20H2,1H3,(H,23,25). The van der Waals surface area contributed by atoms with E-state index in [0.29, 0.717) is 16.9 Å². The number of benzene rings is 1. The quantitative estimate of drug-likeness (QED) is 0.472. The largest absolute Gasteiger partial charge is 0.442 e. The normalized spacial score (nSPS) is 10.2. The minimum atomic E-state index is -0.510.